The molecule has 3 rings (SSSR count). The van der Waals surface area contributed by atoms with Crippen LogP contribution in [0.3, 0.4) is 0 Å². The number of benzene rings is 3. The summed E-state index contributed by atoms with van der Waals surface area (Å²) in [7, 11) is -2.59. The molecule has 0 bridgehead atoms. The lowest BCUT2D eigenvalue weighted by molar-refractivity contribution is -0.139. The third-order valence-corrected chi connectivity index (χ3v) is 7.85. The van der Waals surface area contributed by atoms with Crippen LogP contribution in [0.2, 0.25) is 0 Å². The molecule has 8 nitrogen and oxygen atoms in total. The summed E-state index contributed by atoms with van der Waals surface area (Å²) in [5, 5.41) is 2.58. The Balaban J connectivity index is 2.02. The van der Waals surface area contributed by atoms with E-state index in [2.05, 4.69) is 5.32 Å². The molecule has 0 spiro atoms. The summed E-state index contributed by atoms with van der Waals surface area (Å²) in [5.41, 5.74) is 2.14. The molecule has 0 saturated heterocycles. The van der Waals surface area contributed by atoms with Crippen molar-refractivity contribution >= 4 is 27.5 Å². The summed E-state index contributed by atoms with van der Waals surface area (Å²) >= 11 is 0. The van der Waals surface area contributed by atoms with Crippen molar-refractivity contribution in [1.29, 1.82) is 0 Å². The van der Waals surface area contributed by atoms with E-state index in [9.17, 15) is 18.0 Å². The van der Waals surface area contributed by atoms with E-state index in [0.29, 0.717) is 18.0 Å². The van der Waals surface area contributed by atoms with Gasteiger partial charge in [-0.3, -0.25) is 13.9 Å². The molecule has 0 aliphatic heterocycles. The number of nitrogens with zero attached hydrogens (tertiary/aromatic N) is 2. The largest absolute Gasteiger partial charge is 0.494 e. The maximum absolute atomic E-state index is 13.8. The second-order valence-corrected chi connectivity index (χ2v) is 10.4. The van der Waals surface area contributed by atoms with Crippen molar-refractivity contribution in [2.75, 3.05) is 24.5 Å². The number of sulfonamides is 1. The van der Waals surface area contributed by atoms with Crippen molar-refractivity contribution in [2.24, 2.45) is 0 Å². The fraction of sp³-hybridized carbons (Fsp3) is 0.286. The van der Waals surface area contributed by atoms with Gasteiger partial charge in [-0.1, -0.05) is 42.5 Å². The number of likely N-dealkylation sites (N-methyl/N-ethyl adjacent to an activating group) is 1. The van der Waals surface area contributed by atoms with Gasteiger partial charge >= 0.3 is 0 Å². The van der Waals surface area contributed by atoms with Crippen LogP contribution in [0.1, 0.15) is 25.0 Å². The lowest BCUT2D eigenvalue weighted by Gasteiger charge is -2.32. The number of aryl methyl sites for hydroxylation is 1. The molecule has 0 aliphatic rings. The van der Waals surface area contributed by atoms with Gasteiger partial charge in [0.2, 0.25) is 11.8 Å². The molecule has 0 saturated carbocycles. The predicted molar refractivity (Wildman–Crippen MR) is 144 cm³/mol. The minimum absolute atomic E-state index is 0.0569. The summed E-state index contributed by atoms with van der Waals surface area (Å²) in [6.07, 6.45) is 0. The molecule has 0 radical (unpaired) electrons. The van der Waals surface area contributed by atoms with Crippen molar-refractivity contribution in [3.05, 3.63) is 90.0 Å². The average Bonchev–Trinajstić information content (AvgIpc) is 2.91. The number of amides is 2. The smallest absolute Gasteiger partial charge is 0.264 e. The Morgan fingerprint density at radius 3 is 2.16 bits per heavy atom. The van der Waals surface area contributed by atoms with Gasteiger partial charge in [-0.05, 0) is 68.3 Å². The summed E-state index contributed by atoms with van der Waals surface area (Å²) in [6, 6.07) is 21.2. The van der Waals surface area contributed by atoms with E-state index in [1.807, 2.05) is 38.1 Å². The second kappa shape index (κ2) is 12.4. The molecule has 0 heterocycles. The maximum atomic E-state index is 13.8. The third kappa shape index (κ3) is 6.68. The zero-order valence-corrected chi connectivity index (χ0v) is 22.4. The fourth-order valence-electron chi connectivity index (χ4n) is 3.89. The van der Waals surface area contributed by atoms with Crippen molar-refractivity contribution in [3.63, 3.8) is 0 Å². The van der Waals surface area contributed by atoms with Crippen molar-refractivity contribution in [1.82, 2.24) is 10.2 Å². The van der Waals surface area contributed by atoms with Crippen molar-refractivity contribution < 1.29 is 22.7 Å². The lowest BCUT2D eigenvalue weighted by Crippen LogP contribution is -2.50. The molecule has 1 unspecified atom stereocenters. The molecule has 0 aromatic heterocycles. The van der Waals surface area contributed by atoms with E-state index < -0.39 is 28.5 Å². The summed E-state index contributed by atoms with van der Waals surface area (Å²) < 4.78 is 34.0. The first kappa shape index (κ1) is 27.7. The van der Waals surface area contributed by atoms with Gasteiger partial charge in [0, 0.05) is 13.6 Å². The van der Waals surface area contributed by atoms with Crippen LogP contribution in [0.25, 0.3) is 0 Å². The highest BCUT2D eigenvalue weighted by atomic mass is 32.2. The summed E-state index contributed by atoms with van der Waals surface area (Å²) in [6.45, 7) is 5.54. The van der Waals surface area contributed by atoms with Crippen LogP contribution in [0.4, 0.5) is 5.69 Å². The van der Waals surface area contributed by atoms with E-state index in [1.165, 1.54) is 24.1 Å². The van der Waals surface area contributed by atoms with E-state index >= 15 is 0 Å². The molecule has 196 valence electrons. The first-order valence-corrected chi connectivity index (χ1v) is 13.5. The number of carbonyl (C=O) groups excluding carboxylic acids is 2. The van der Waals surface area contributed by atoms with Gasteiger partial charge < -0.3 is 15.0 Å². The number of ether oxygens (including phenoxy) is 1. The van der Waals surface area contributed by atoms with E-state index in [-0.39, 0.29) is 17.3 Å². The van der Waals surface area contributed by atoms with Gasteiger partial charge in [0.05, 0.1) is 17.2 Å². The van der Waals surface area contributed by atoms with E-state index in [0.717, 1.165) is 15.4 Å². The quantitative estimate of drug-likeness (QED) is 0.413. The van der Waals surface area contributed by atoms with Crippen LogP contribution in [0.5, 0.6) is 5.75 Å². The topological polar surface area (TPSA) is 96.0 Å². The van der Waals surface area contributed by atoms with Crippen LogP contribution in [-0.2, 0) is 26.2 Å². The van der Waals surface area contributed by atoms with Crippen LogP contribution in [0.15, 0.2) is 83.8 Å². The van der Waals surface area contributed by atoms with E-state index in [1.54, 1.807) is 49.4 Å². The second-order valence-electron chi connectivity index (χ2n) is 8.49. The number of anilines is 1. The van der Waals surface area contributed by atoms with Gasteiger partial charge in [0.25, 0.3) is 10.0 Å². The molecule has 0 aliphatic carbocycles. The molecule has 9 heteroatoms. The Kier molecular flexibility index (Phi) is 9.30. The zero-order chi connectivity index (χ0) is 27.0. The Morgan fingerprint density at radius 1 is 0.946 bits per heavy atom. The van der Waals surface area contributed by atoms with E-state index in [4.69, 9.17) is 4.74 Å². The molecule has 3 aromatic rings. The Labute approximate surface area is 218 Å². The van der Waals surface area contributed by atoms with Gasteiger partial charge in [-0.15, -0.1) is 0 Å². The number of hydrogen-bond donors (Lipinski definition) is 1. The van der Waals surface area contributed by atoms with Crippen LogP contribution in [-0.4, -0.2) is 51.4 Å². The fourth-order valence-corrected chi connectivity index (χ4v) is 5.32. The summed E-state index contributed by atoms with van der Waals surface area (Å²) in [5.74, 6) is -0.266. The van der Waals surface area contributed by atoms with Crippen molar-refractivity contribution in [2.45, 2.75) is 38.3 Å². The highest BCUT2D eigenvalue weighted by Gasteiger charge is 2.32. The van der Waals surface area contributed by atoms with Gasteiger partial charge in [0.15, 0.2) is 0 Å². The van der Waals surface area contributed by atoms with Gasteiger partial charge in [-0.25, -0.2) is 8.42 Å². The average molecular weight is 524 g/mol. The minimum Gasteiger partial charge on any atom is -0.494 e. The normalized spacial score (nSPS) is 11.9. The molecule has 2 amide bonds. The number of carbonyl (C=O) groups is 2. The number of nitrogens with one attached hydrogen (secondary N) is 1. The minimum atomic E-state index is -4.10. The van der Waals surface area contributed by atoms with Crippen LogP contribution < -0.4 is 14.4 Å². The zero-order valence-electron chi connectivity index (χ0n) is 21.5. The predicted octanol–water partition coefficient (Wildman–Crippen LogP) is 3.75. The number of rotatable bonds is 11. The Hall–Kier alpha value is -3.85. The SMILES string of the molecule is CCOc1ccc(N(CC(=O)N(Cc2ccccc2C)C(C)C(=O)NC)S(=O)(=O)c2ccccc2)cc1. The highest BCUT2D eigenvalue weighted by Crippen LogP contribution is 2.26. The molecule has 1 N–H and O–H groups in total. The third-order valence-electron chi connectivity index (χ3n) is 6.06. The molecule has 1 atom stereocenters. The first-order valence-electron chi connectivity index (χ1n) is 12.0. The lowest BCUT2D eigenvalue weighted by atomic mass is 10.1. The van der Waals surface area contributed by atoms with Gasteiger partial charge in [0.1, 0.15) is 18.3 Å². The highest BCUT2D eigenvalue weighted by molar-refractivity contribution is 7.92. The van der Waals surface area contributed by atoms with Crippen molar-refractivity contribution in [3.8, 4) is 5.75 Å². The Morgan fingerprint density at radius 2 is 1.57 bits per heavy atom. The molecule has 0 fully saturated rings. The van der Waals surface area contributed by atoms with Crippen LogP contribution in [0, 0.1) is 6.92 Å². The standard InChI is InChI=1S/C28H33N3O5S/c1-5-36-25-17-15-24(16-18-25)31(37(34,35)26-13-7-6-8-14-26)20-27(32)30(22(3)28(33)29-4)19-23-12-10-9-11-21(23)2/h6-18,22H,5,19-20H2,1-4H3,(H,29,33). The first-order chi connectivity index (χ1) is 17.7. The molecular formula is C28H33N3O5S. The summed E-state index contributed by atoms with van der Waals surface area (Å²) in [4.78, 5) is 27.8. The number of hydrogen-bond acceptors (Lipinski definition) is 5. The molecule has 3 aromatic carbocycles. The monoisotopic (exact) mass is 523 g/mol. The van der Waals surface area contributed by atoms with Crippen LogP contribution >= 0.6 is 0 Å². The Bertz CT molecular complexity index is 1310. The molecular weight excluding hydrogens is 490 g/mol. The molecule has 37 heavy (non-hydrogen) atoms. The van der Waals surface area contributed by atoms with Gasteiger partial charge in [-0.2, -0.15) is 0 Å². The maximum Gasteiger partial charge on any atom is 0.264 e.